The monoisotopic (exact) mass is 98.1 g/mol. The molecule has 7 heavy (non-hydrogen) atoms. The van der Waals surface area contributed by atoms with E-state index in [4.69, 9.17) is 5.11 Å². The molecule has 0 spiro atoms. The van der Waals surface area contributed by atoms with E-state index in [9.17, 15) is 0 Å². The second kappa shape index (κ2) is 3.47. The Bertz CT molecular complexity index is 86.4. The van der Waals surface area contributed by atoms with Gasteiger partial charge in [0.2, 0.25) is 0 Å². The summed E-state index contributed by atoms with van der Waals surface area (Å²) in [5.74, 6) is 0. The highest BCUT2D eigenvalue weighted by molar-refractivity contribution is 5.05. The van der Waals surface area contributed by atoms with E-state index >= 15 is 0 Å². The van der Waals surface area contributed by atoms with Gasteiger partial charge in [-0.25, -0.2) is 0 Å². The van der Waals surface area contributed by atoms with Gasteiger partial charge in [-0.05, 0) is 19.9 Å². The van der Waals surface area contributed by atoms with Crippen LogP contribution in [-0.2, 0) is 0 Å². The molecule has 0 unspecified atom stereocenters. The highest BCUT2D eigenvalue weighted by Crippen LogP contribution is 1.86. The smallest absolute Gasteiger partial charge is 0.0791 e. The summed E-state index contributed by atoms with van der Waals surface area (Å²) in [5.41, 5.74) is 1.19. The Labute approximate surface area is 44.0 Å². The molecule has 0 fully saturated rings. The molecule has 1 nitrogen and oxygen atoms in total. The summed E-state index contributed by atoms with van der Waals surface area (Å²) in [6.07, 6.45) is 4.45. The molecular formula is C6H10O. The standard InChI is InChI=1S/C6H10O/c1-6(2)4-3-5-7/h3-5,7H,1-2H3/b5-3-. The van der Waals surface area contributed by atoms with Gasteiger partial charge in [-0.3, -0.25) is 0 Å². The molecule has 40 valence electrons. The maximum Gasteiger partial charge on any atom is 0.0791 e. The molecule has 0 rings (SSSR count). The normalized spacial score (nSPS) is 9.43. The SMILES string of the molecule is CC(C)=C/C=C\O. The van der Waals surface area contributed by atoms with Gasteiger partial charge in [-0.1, -0.05) is 11.6 Å². The van der Waals surface area contributed by atoms with E-state index in [-0.39, 0.29) is 0 Å². The molecule has 0 saturated carbocycles. The van der Waals surface area contributed by atoms with Gasteiger partial charge in [0.15, 0.2) is 0 Å². The Morgan fingerprint density at radius 3 is 2.14 bits per heavy atom. The molecule has 0 radical (unpaired) electrons. The first kappa shape index (κ1) is 6.28. The van der Waals surface area contributed by atoms with E-state index < -0.39 is 0 Å². The first-order valence-electron chi connectivity index (χ1n) is 2.21. The Morgan fingerprint density at radius 2 is 2.00 bits per heavy atom. The number of hydrogen-bond acceptors (Lipinski definition) is 1. The van der Waals surface area contributed by atoms with E-state index in [0.717, 1.165) is 6.26 Å². The minimum atomic E-state index is 1.02. The van der Waals surface area contributed by atoms with Crippen molar-refractivity contribution in [3.8, 4) is 0 Å². The Kier molecular flexibility index (Phi) is 3.11. The van der Waals surface area contributed by atoms with Gasteiger partial charge in [-0.15, -0.1) is 0 Å². The first-order chi connectivity index (χ1) is 3.27. The molecule has 1 N–H and O–H groups in total. The second-order valence-corrected chi connectivity index (χ2v) is 1.59. The molecule has 0 aliphatic rings. The van der Waals surface area contributed by atoms with Gasteiger partial charge in [0, 0.05) is 0 Å². The zero-order chi connectivity index (χ0) is 5.70. The topological polar surface area (TPSA) is 20.2 Å². The highest BCUT2D eigenvalue weighted by Gasteiger charge is 1.66. The van der Waals surface area contributed by atoms with Crippen LogP contribution in [0.2, 0.25) is 0 Å². The van der Waals surface area contributed by atoms with Crippen molar-refractivity contribution in [3.63, 3.8) is 0 Å². The Hall–Kier alpha value is -0.720. The van der Waals surface area contributed by atoms with Crippen LogP contribution >= 0.6 is 0 Å². The quantitative estimate of drug-likeness (QED) is 0.393. The van der Waals surface area contributed by atoms with Crippen molar-refractivity contribution in [2.24, 2.45) is 0 Å². The molecule has 0 aliphatic carbocycles. The molecule has 0 aliphatic heterocycles. The Balaban J connectivity index is 3.46. The second-order valence-electron chi connectivity index (χ2n) is 1.59. The third kappa shape index (κ3) is 5.28. The fourth-order valence-corrected chi connectivity index (χ4v) is 0.235. The average Bonchev–Trinajstić information content (AvgIpc) is 1.61. The zero-order valence-electron chi connectivity index (χ0n) is 4.68. The molecule has 0 saturated heterocycles. The van der Waals surface area contributed by atoms with Crippen molar-refractivity contribution >= 4 is 0 Å². The van der Waals surface area contributed by atoms with Crippen LogP contribution in [-0.4, -0.2) is 5.11 Å². The third-order valence-electron chi connectivity index (χ3n) is 0.516. The number of allylic oxidation sites excluding steroid dienone is 3. The fraction of sp³-hybridized carbons (Fsp3) is 0.333. The molecule has 0 aromatic heterocycles. The Morgan fingerprint density at radius 1 is 1.43 bits per heavy atom. The van der Waals surface area contributed by atoms with Crippen LogP contribution in [0.1, 0.15) is 13.8 Å². The molecule has 1 heteroatoms. The molecule has 0 amide bonds. The lowest BCUT2D eigenvalue weighted by Gasteiger charge is -1.77. The number of hydrogen-bond donors (Lipinski definition) is 1. The maximum atomic E-state index is 8.09. The zero-order valence-corrected chi connectivity index (χ0v) is 4.68. The van der Waals surface area contributed by atoms with E-state index in [1.54, 1.807) is 6.08 Å². The van der Waals surface area contributed by atoms with Crippen LogP contribution in [0.5, 0.6) is 0 Å². The van der Waals surface area contributed by atoms with Crippen LogP contribution in [0.25, 0.3) is 0 Å². The maximum absolute atomic E-state index is 8.09. The van der Waals surface area contributed by atoms with Crippen molar-refractivity contribution < 1.29 is 5.11 Å². The lowest BCUT2D eigenvalue weighted by atomic mass is 10.3. The van der Waals surface area contributed by atoms with Gasteiger partial charge < -0.3 is 5.11 Å². The summed E-state index contributed by atoms with van der Waals surface area (Å²) in [7, 11) is 0. The predicted octanol–water partition coefficient (Wildman–Crippen LogP) is 2.02. The molecule has 0 atom stereocenters. The van der Waals surface area contributed by atoms with Crippen LogP contribution in [0, 0.1) is 0 Å². The van der Waals surface area contributed by atoms with Gasteiger partial charge in [-0.2, -0.15) is 0 Å². The lowest BCUT2D eigenvalue weighted by Crippen LogP contribution is -1.57. The van der Waals surface area contributed by atoms with Crippen molar-refractivity contribution in [1.29, 1.82) is 0 Å². The minimum Gasteiger partial charge on any atom is -0.516 e. The van der Waals surface area contributed by atoms with Crippen LogP contribution in [0.15, 0.2) is 24.0 Å². The van der Waals surface area contributed by atoms with Gasteiger partial charge in [0.1, 0.15) is 0 Å². The van der Waals surface area contributed by atoms with Gasteiger partial charge >= 0.3 is 0 Å². The molecule has 0 aromatic carbocycles. The fourth-order valence-electron chi connectivity index (χ4n) is 0.235. The van der Waals surface area contributed by atoms with E-state index in [1.807, 2.05) is 19.9 Å². The third-order valence-corrected chi connectivity index (χ3v) is 0.516. The summed E-state index contributed by atoms with van der Waals surface area (Å²) < 4.78 is 0. The van der Waals surface area contributed by atoms with Crippen LogP contribution in [0.3, 0.4) is 0 Å². The van der Waals surface area contributed by atoms with E-state index in [0.29, 0.717) is 0 Å². The molecule has 0 heterocycles. The molecule has 0 aromatic rings. The van der Waals surface area contributed by atoms with Crippen molar-refractivity contribution in [2.75, 3.05) is 0 Å². The predicted molar refractivity (Wildman–Crippen MR) is 31.2 cm³/mol. The van der Waals surface area contributed by atoms with E-state index in [1.165, 1.54) is 5.57 Å². The van der Waals surface area contributed by atoms with Crippen molar-refractivity contribution in [3.05, 3.63) is 24.0 Å². The van der Waals surface area contributed by atoms with Crippen molar-refractivity contribution in [2.45, 2.75) is 13.8 Å². The largest absolute Gasteiger partial charge is 0.516 e. The summed E-state index contributed by atoms with van der Waals surface area (Å²) >= 11 is 0. The van der Waals surface area contributed by atoms with Crippen LogP contribution in [0.4, 0.5) is 0 Å². The highest BCUT2D eigenvalue weighted by atomic mass is 16.2. The number of aliphatic hydroxyl groups is 1. The van der Waals surface area contributed by atoms with Gasteiger partial charge in [0.25, 0.3) is 0 Å². The van der Waals surface area contributed by atoms with Gasteiger partial charge in [0.05, 0.1) is 6.26 Å². The molecule has 0 bridgehead atoms. The van der Waals surface area contributed by atoms with Crippen molar-refractivity contribution in [1.82, 2.24) is 0 Å². The number of rotatable bonds is 1. The summed E-state index contributed by atoms with van der Waals surface area (Å²) in [5, 5.41) is 8.09. The first-order valence-corrected chi connectivity index (χ1v) is 2.21. The summed E-state index contributed by atoms with van der Waals surface area (Å²) in [6.45, 7) is 3.94. The lowest BCUT2D eigenvalue weighted by molar-refractivity contribution is 0.473. The average molecular weight is 98.1 g/mol. The molecular weight excluding hydrogens is 88.1 g/mol. The minimum absolute atomic E-state index is 1.02. The number of aliphatic hydroxyl groups excluding tert-OH is 1. The van der Waals surface area contributed by atoms with E-state index in [2.05, 4.69) is 0 Å². The summed E-state index contributed by atoms with van der Waals surface area (Å²) in [6, 6.07) is 0. The summed E-state index contributed by atoms with van der Waals surface area (Å²) in [4.78, 5) is 0. The van der Waals surface area contributed by atoms with Crippen LogP contribution < -0.4 is 0 Å².